The van der Waals surface area contributed by atoms with Crippen molar-refractivity contribution in [2.24, 2.45) is 5.92 Å². The van der Waals surface area contributed by atoms with Crippen LogP contribution >= 0.6 is 0 Å². The van der Waals surface area contributed by atoms with Crippen LogP contribution in [-0.4, -0.2) is 51.6 Å². The summed E-state index contributed by atoms with van der Waals surface area (Å²) in [5.41, 5.74) is 2.95. The summed E-state index contributed by atoms with van der Waals surface area (Å²) >= 11 is 0. The van der Waals surface area contributed by atoms with E-state index in [-0.39, 0.29) is 23.8 Å². The summed E-state index contributed by atoms with van der Waals surface area (Å²) in [5.74, 6) is 1.27. The number of pyridine rings is 1. The first-order chi connectivity index (χ1) is 14.1. The van der Waals surface area contributed by atoms with E-state index < -0.39 is 0 Å². The van der Waals surface area contributed by atoms with Crippen LogP contribution in [0, 0.1) is 12.8 Å². The highest BCUT2D eigenvalue weighted by Gasteiger charge is 2.36. The smallest absolute Gasteiger partial charge is 0.255 e. The lowest BCUT2D eigenvalue weighted by atomic mass is 9.82. The Morgan fingerprint density at radius 1 is 1.21 bits per heavy atom. The Bertz CT molecular complexity index is 973. The number of aromatic nitrogens is 2. The Balaban J connectivity index is 1.33. The SMILES string of the molecule is Cc1cc(CC(=O)N2C[C@@H]3C[C@H](C2)c2ccc(CN4CCCC4)c(=O)n2C3)on1. The first kappa shape index (κ1) is 18.6. The number of likely N-dealkylation sites (tertiary alicyclic amines) is 2. The van der Waals surface area contributed by atoms with Crippen molar-refractivity contribution in [3.05, 3.63) is 51.3 Å². The molecule has 2 aromatic rings. The van der Waals surface area contributed by atoms with Crippen molar-refractivity contribution in [1.29, 1.82) is 0 Å². The molecule has 2 atom stereocenters. The van der Waals surface area contributed by atoms with E-state index in [1.165, 1.54) is 12.8 Å². The van der Waals surface area contributed by atoms with Crippen LogP contribution in [0.15, 0.2) is 27.5 Å². The Morgan fingerprint density at radius 2 is 2.03 bits per heavy atom. The molecule has 0 aliphatic carbocycles. The lowest BCUT2D eigenvalue weighted by Gasteiger charge is -2.43. The summed E-state index contributed by atoms with van der Waals surface area (Å²) in [5, 5.41) is 3.87. The fourth-order valence-electron chi connectivity index (χ4n) is 5.26. The highest BCUT2D eigenvalue weighted by Crippen LogP contribution is 2.35. The molecule has 7 nitrogen and oxygen atoms in total. The number of rotatable bonds is 4. The molecule has 5 heterocycles. The van der Waals surface area contributed by atoms with Gasteiger partial charge in [0, 0.05) is 49.4 Å². The first-order valence-corrected chi connectivity index (χ1v) is 10.7. The van der Waals surface area contributed by atoms with Crippen LogP contribution < -0.4 is 5.56 Å². The van der Waals surface area contributed by atoms with Crippen molar-refractivity contribution in [1.82, 2.24) is 19.5 Å². The molecule has 3 aliphatic rings. The van der Waals surface area contributed by atoms with Gasteiger partial charge >= 0.3 is 0 Å². The van der Waals surface area contributed by atoms with Crippen LogP contribution in [-0.2, 0) is 24.3 Å². The predicted octanol–water partition coefficient (Wildman–Crippen LogP) is 1.93. The van der Waals surface area contributed by atoms with Crippen LogP contribution in [0.5, 0.6) is 0 Å². The second-order valence-electron chi connectivity index (χ2n) is 8.89. The largest absolute Gasteiger partial charge is 0.361 e. The number of nitrogens with zero attached hydrogens (tertiary/aromatic N) is 4. The van der Waals surface area contributed by atoms with E-state index in [1.807, 2.05) is 28.5 Å². The number of aryl methyl sites for hydroxylation is 1. The van der Waals surface area contributed by atoms with E-state index in [0.29, 0.717) is 31.3 Å². The minimum atomic E-state index is 0.0808. The van der Waals surface area contributed by atoms with Gasteiger partial charge in [-0.3, -0.25) is 14.5 Å². The van der Waals surface area contributed by atoms with Crippen LogP contribution in [0.1, 0.15) is 47.9 Å². The van der Waals surface area contributed by atoms with Crippen molar-refractivity contribution < 1.29 is 9.32 Å². The van der Waals surface area contributed by atoms with E-state index in [9.17, 15) is 9.59 Å². The van der Waals surface area contributed by atoms with Crippen LogP contribution in [0.3, 0.4) is 0 Å². The maximum Gasteiger partial charge on any atom is 0.255 e. The van der Waals surface area contributed by atoms with Gasteiger partial charge in [-0.2, -0.15) is 0 Å². The van der Waals surface area contributed by atoms with E-state index >= 15 is 0 Å². The van der Waals surface area contributed by atoms with Crippen molar-refractivity contribution in [3.63, 3.8) is 0 Å². The molecule has 0 spiro atoms. The van der Waals surface area contributed by atoms with Gasteiger partial charge in [-0.15, -0.1) is 0 Å². The van der Waals surface area contributed by atoms with Gasteiger partial charge in [-0.1, -0.05) is 11.2 Å². The van der Waals surface area contributed by atoms with E-state index in [0.717, 1.165) is 43.0 Å². The predicted molar refractivity (Wildman–Crippen MR) is 108 cm³/mol. The molecule has 154 valence electrons. The number of carbonyl (C=O) groups excluding carboxylic acids is 1. The number of amides is 1. The maximum absolute atomic E-state index is 13.1. The van der Waals surface area contributed by atoms with Gasteiger partial charge in [0.25, 0.3) is 5.56 Å². The molecule has 0 radical (unpaired) electrons. The van der Waals surface area contributed by atoms with Crippen molar-refractivity contribution in [2.75, 3.05) is 26.2 Å². The number of hydrogen-bond acceptors (Lipinski definition) is 5. The molecule has 29 heavy (non-hydrogen) atoms. The Hall–Kier alpha value is -2.41. The van der Waals surface area contributed by atoms with Crippen molar-refractivity contribution in [3.8, 4) is 0 Å². The molecule has 7 heteroatoms. The molecule has 2 saturated heterocycles. The third kappa shape index (κ3) is 3.64. The summed E-state index contributed by atoms with van der Waals surface area (Å²) in [6, 6.07) is 5.96. The summed E-state index contributed by atoms with van der Waals surface area (Å²) in [7, 11) is 0. The summed E-state index contributed by atoms with van der Waals surface area (Å²) in [6.45, 7) is 6.90. The summed E-state index contributed by atoms with van der Waals surface area (Å²) in [6.07, 6.45) is 3.76. The fraction of sp³-hybridized carbons (Fsp3) is 0.591. The summed E-state index contributed by atoms with van der Waals surface area (Å²) < 4.78 is 7.20. The van der Waals surface area contributed by atoms with E-state index in [4.69, 9.17) is 4.52 Å². The summed E-state index contributed by atoms with van der Waals surface area (Å²) in [4.78, 5) is 30.2. The van der Waals surface area contributed by atoms with Gasteiger partial charge in [0.2, 0.25) is 5.91 Å². The normalized spacial score (nSPS) is 24.0. The number of hydrogen-bond donors (Lipinski definition) is 0. The third-order valence-electron chi connectivity index (χ3n) is 6.63. The minimum Gasteiger partial charge on any atom is -0.361 e. The molecule has 0 saturated carbocycles. The maximum atomic E-state index is 13.1. The molecule has 5 rings (SSSR count). The number of carbonyl (C=O) groups is 1. The van der Waals surface area contributed by atoms with E-state index in [2.05, 4.69) is 16.1 Å². The molecule has 1 amide bonds. The lowest BCUT2D eigenvalue weighted by molar-refractivity contribution is -0.133. The number of piperidine rings is 1. The zero-order chi connectivity index (χ0) is 20.0. The molecule has 0 aromatic carbocycles. The van der Waals surface area contributed by atoms with Gasteiger partial charge in [0.15, 0.2) is 0 Å². The van der Waals surface area contributed by atoms with Gasteiger partial charge in [-0.05, 0) is 51.3 Å². The minimum absolute atomic E-state index is 0.0808. The molecule has 0 unspecified atom stereocenters. The van der Waals surface area contributed by atoms with Crippen molar-refractivity contribution >= 4 is 5.91 Å². The second kappa shape index (κ2) is 7.44. The van der Waals surface area contributed by atoms with Gasteiger partial charge in [0.05, 0.1) is 12.1 Å². The molecule has 2 aromatic heterocycles. The highest BCUT2D eigenvalue weighted by molar-refractivity contribution is 5.78. The average molecular weight is 396 g/mol. The zero-order valence-corrected chi connectivity index (χ0v) is 17.0. The van der Waals surface area contributed by atoms with Crippen LogP contribution in [0.25, 0.3) is 0 Å². The fourth-order valence-corrected chi connectivity index (χ4v) is 5.26. The molecular formula is C22H28N4O3. The van der Waals surface area contributed by atoms with Gasteiger partial charge in [-0.25, -0.2) is 0 Å². The van der Waals surface area contributed by atoms with Crippen LogP contribution in [0.4, 0.5) is 0 Å². The van der Waals surface area contributed by atoms with Crippen molar-refractivity contribution in [2.45, 2.75) is 51.6 Å². The Labute approximate surface area is 170 Å². The molecule has 3 aliphatic heterocycles. The second-order valence-corrected chi connectivity index (χ2v) is 8.89. The molecule has 2 fully saturated rings. The highest BCUT2D eigenvalue weighted by atomic mass is 16.5. The average Bonchev–Trinajstić information content (AvgIpc) is 3.36. The molecule has 2 bridgehead atoms. The van der Waals surface area contributed by atoms with Gasteiger partial charge < -0.3 is 14.0 Å². The van der Waals surface area contributed by atoms with E-state index in [1.54, 1.807) is 0 Å². The monoisotopic (exact) mass is 396 g/mol. The molecule has 0 N–H and O–H groups in total. The molecular weight excluding hydrogens is 368 g/mol. The first-order valence-electron chi connectivity index (χ1n) is 10.7. The third-order valence-corrected chi connectivity index (χ3v) is 6.63. The van der Waals surface area contributed by atoms with Gasteiger partial charge in [0.1, 0.15) is 5.76 Å². The quantitative estimate of drug-likeness (QED) is 0.790. The topological polar surface area (TPSA) is 71.6 Å². The Kier molecular flexibility index (Phi) is 4.78. The van der Waals surface area contributed by atoms with Crippen LogP contribution in [0.2, 0.25) is 0 Å². The lowest BCUT2D eigenvalue weighted by Crippen LogP contribution is -2.50. The Morgan fingerprint density at radius 3 is 2.79 bits per heavy atom. The zero-order valence-electron chi connectivity index (χ0n) is 17.0. The number of fused-ring (bicyclic) bond motifs is 4. The standard InChI is InChI=1S/C22H28N4O3/c1-15-8-19(29-23-15)10-21(27)25-11-16-9-18(14-25)20-5-4-17(22(28)26(20)12-16)13-24-6-2-3-7-24/h4-5,8,16,18H,2-3,6-7,9-14H2,1H3/t16-,18+/m0/s1.